The molecule has 15 heteroatoms. The summed E-state index contributed by atoms with van der Waals surface area (Å²) in [6.45, 7) is 0.969. The number of anilines is 1. The molecule has 0 saturated heterocycles. The molecule has 2 atom stereocenters. The van der Waals surface area contributed by atoms with Gasteiger partial charge in [0, 0.05) is 17.8 Å². The van der Waals surface area contributed by atoms with E-state index in [1.807, 2.05) is 0 Å². The quantitative estimate of drug-likeness (QED) is 0.410. The number of carbonyl (C=O) groups is 1. The highest BCUT2D eigenvalue weighted by atomic mass is 35.5. The van der Waals surface area contributed by atoms with E-state index >= 15 is 0 Å². The summed E-state index contributed by atoms with van der Waals surface area (Å²) >= 11 is 5.88. The third-order valence-corrected chi connectivity index (χ3v) is 6.13. The molecule has 0 fully saturated rings. The van der Waals surface area contributed by atoms with Crippen LogP contribution in [0.5, 0.6) is 0 Å². The Labute approximate surface area is 197 Å². The molecule has 0 spiro atoms. The fourth-order valence-electron chi connectivity index (χ4n) is 4.25. The van der Waals surface area contributed by atoms with Gasteiger partial charge in [-0.15, -0.1) is 4.80 Å². The van der Waals surface area contributed by atoms with E-state index < -0.39 is 41.8 Å². The molecule has 1 unspecified atom stereocenters. The van der Waals surface area contributed by atoms with Gasteiger partial charge in [-0.25, -0.2) is 23.3 Å². The molecule has 0 radical (unpaired) electrons. The minimum atomic E-state index is -4.73. The molecule has 0 aliphatic heterocycles. The molecule has 4 heterocycles. The van der Waals surface area contributed by atoms with Crippen LogP contribution in [0.3, 0.4) is 0 Å². The first-order chi connectivity index (χ1) is 16.5. The number of pyridine rings is 1. The number of rotatable bonds is 4. The molecule has 5 rings (SSSR count). The maximum absolute atomic E-state index is 14.2. The lowest BCUT2D eigenvalue weighted by Crippen LogP contribution is -2.39. The van der Waals surface area contributed by atoms with Crippen molar-refractivity contribution in [1.82, 2.24) is 34.6 Å². The van der Waals surface area contributed by atoms with Crippen LogP contribution in [0.1, 0.15) is 42.5 Å². The van der Waals surface area contributed by atoms with Gasteiger partial charge in [-0.1, -0.05) is 11.6 Å². The Balaban J connectivity index is 1.53. The number of halogens is 6. The standard InChI is InChI=1S/C20H14ClF5N8O/c1-19(20(24,25)26)6-11(12-8-27-14-5-13(21)32-33(14)15(12)19)18(35)31-9-4-10(16(22)23)17(28-7-9)34-29-2-3-30-34/h2-5,7-8,11,16H,6H2,1H3,(H,31,35)/t11?,19-/m1/s1. The van der Waals surface area contributed by atoms with Crippen molar-refractivity contribution in [2.24, 2.45) is 0 Å². The lowest BCUT2D eigenvalue weighted by atomic mass is 9.85. The number of nitrogens with one attached hydrogen (secondary N) is 1. The first-order valence-electron chi connectivity index (χ1n) is 10.1. The molecule has 0 aromatic carbocycles. The van der Waals surface area contributed by atoms with Crippen LogP contribution < -0.4 is 5.32 Å². The number of hydrogen-bond acceptors (Lipinski definition) is 6. The Morgan fingerprint density at radius 1 is 1.20 bits per heavy atom. The predicted molar refractivity (Wildman–Crippen MR) is 112 cm³/mol. The fourth-order valence-corrected chi connectivity index (χ4v) is 4.42. The van der Waals surface area contributed by atoms with Crippen molar-refractivity contribution in [3.8, 4) is 5.82 Å². The molecular formula is C20H14ClF5N8O. The van der Waals surface area contributed by atoms with Crippen LogP contribution in [0.25, 0.3) is 11.5 Å². The average Bonchev–Trinajstić information content (AvgIpc) is 3.50. The highest BCUT2D eigenvalue weighted by Crippen LogP contribution is 2.54. The van der Waals surface area contributed by atoms with Crippen LogP contribution >= 0.6 is 11.6 Å². The topological polar surface area (TPSA) is 103 Å². The smallest absolute Gasteiger partial charge is 0.324 e. The molecule has 1 aliphatic rings. The largest absolute Gasteiger partial charge is 0.399 e. The number of alkyl halides is 5. The van der Waals surface area contributed by atoms with Crippen LogP contribution in [0, 0.1) is 0 Å². The zero-order chi connectivity index (χ0) is 25.1. The summed E-state index contributed by atoms with van der Waals surface area (Å²) in [5, 5.41) is 13.8. The molecule has 9 nitrogen and oxygen atoms in total. The van der Waals surface area contributed by atoms with Crippen LogP contribution in [0.15, 0.2) is 36.9 Å². The molecule has 1 N–H and O–H groups in total. The number of hydrogen-bond donors (Lipinski definition) is 1. The van der Waals surface area contributed by atoms with Crippen LogP contribution in [0.4, 0.5) is 27.6 Å². The maximum atomic E-state index is 14.2. The van der Waals surface area contributed by atoms with Crippen LogP contribution in [-0.2, 0) is 10.2 Å². The van der Waals surface area contributed by atoms with E-state index in [0.29, 0.717) is 0 Å². The van der Waals surface area contributed by atoms with Crippen molar-refractivity contribution in [2.45, 2.75) is 37.3 Å². The van der Waals surface area contributed by atoms with Crippen LogP contribution in [-0.4, -0.2) is 46.7 Å². The van der Waals surface area contributed by atoms with E-state index in [0.717, 1.165) is 28.5 Å². The SMILES string of the molecule is C[C@@]1(C(F)(F)F)CC(C(=O)Nc2cnc(-n3nccn3)c(C(F)F)c2)c2cnc3cc(Cl)nn3c21. The first-order valence-corrected chi connectivity index (χ1v) is 10.4. The second-order valence-electron chi connectivity index (χ2n) is 8.13. The first kappa shape index (κ1) is 23.1. The van der Waals surface area contributed by atoms with Gasteiger partial charge in [-0.2, -0.15) is 28.5 Å². The Morgan fingerprint density at radius 3 is 2.57 bits per heavy atom. The van der Waals surface area contributed by atoms with Gasteiger partial charge in [0.15, 0.2) is 16.6 Å². The molecule has 0 bridgehead atoms. The van der Waals surface area contributed by atoms with E-state index in [9.17, 15) is 26.7 Å². The summed E-state index contributed by atoms with van der Waals surface area (Å²) in [7, 11) is 0. The maximum Gasteiger partial charge on any atom is 0.399 e. The Kier molecular flexibility index (Phi) is 5.23. The fraction of sp³-hybridized carbons (Fsp3) is 0.300. The summed E-state index contributed by atoms with van der Waals surface area (Å²) in [4.78, 5) is 22.0. The van der Waals surface area contributed by atoms with Crippen molar-refractivity contribution in [2.75, 3.05) is 5.32 Å². The van der Waals surface area contributed by atoms with Gasteiger partial charge in [0.25, 0.3) is 6.43 Å². The molecule has 35 heavy (non-hydrogen) atoms. The van der Waals surface area contributed by atoms with Crippen molar-refractivity contribution in [3.05, 3.63) is 58.9 Å². The summed E-state index contributed by atoms with van der Waals surface area (Å²) in [5.41, 5.74) is -3.29. The second-order valence-corrected chi connectivity index (χ2v) is 8.52. The number of fused-ring (bicyclic) bond motifs is 3. The van der Waals surface area contributed by atoms with Gasteiger partial charge in [0.05, 0.1) is 41.5 Å². The summed E-state index contributed by atoms with van der Waals surface area (Å²) in [6, 6.07) is 2.28. The van der Waals surface area contributed by atoms with E-state index in [2.05, 4.69) is 30.6 Å². The minimum absolute atomic E-state index is 0.00833. The summed E-state index contributed by atoms with van der Waals surface area (Å²) in [5.74, 6) is -2.38. The zero-order valence-electron chi connectivity index (χ0n) is 17.6. The molecule has 4 aromatic rings. The molecule has 1 amide bonds. The van der Waals surface area contributed by atoms with E-state index in [1.54, 1.807) is 0 Å². The van der Waals surface area contributed by atoms with Gasteiger partial charge in [0.2, 0.25) is 5.91 Å². The van der Waals surface area contributed by atoms with E-state index in [4.69, 9.17) is 11.6 Å². The van der Waals surface area contributed by atoms with Gasteiger partial charge < -0.3 is 5.32 Å². The summed E-state index contributed by atoms with van der Waals surface area (Å²) in [6.07, 6.45) is -3.52. The lowest BCUT2D eigenvalue weighted by Gasteiger charge is -2.28. The van der Waals surface area contributed by atoms with Crippen LogP contribution in [0.2, 0.25) is 5.15 Å². The summed E-state index contributed by atoms with van der Waals surface area (Å²) < 4.78 is 70.9. The van der Waals surface area contributed by atoms with Crippen molar-refractivity contribution < 1.29 is 26.7 Å². The minimum Gasteiger partial charge on any atom is -0.324 e. The molecule has 1 aliphatic carbocycles. The lowest BCUT2D eigenvalue weighted by molar-refractivity contribution is -0.187. The Morgan fingerprint density at radius 2 is 1.91 bits per heavy atom. The second kappa shape index (κ2) is 7.93. The Hall–Kier alpha value is -3.68. The highest BCUT2D eigenvalue weighted by Gasteiger charge is 2.60. The van der Waals surface area contributed by atoms with Gasteiger partial charge in [-0.05, 0) is 19.4 Å². The van der Waals surface area contributed by atoms with Gasteiger partial charge in [0.1, 0.15) is 5.41 Å². The highest BCUT2D eigenvalue weighted by molar-refractivity contribution is 6.29. The number of carbonyl (C=O) groups excluding carboxylic acids is 1. The normalized spacial score (nSPS) is 19.9. The Bertz CT molecular complexity index is 1440. The number of aromatic nitrogens is 7. The van der Waals surface area contributed by atoms with E-state index in [-0.39, 0.29) is 33.6 Å². The third kappa shape index (κ3) is 3.68. The van der Waals surface area contributed by atoms with Gasteiger partial charge >= 0.3 is 6.18 Å². The predicted octanol–water partition coefficient (Wildman–Crippen LogP) is 4.24. The zero-order valence-corrected chi connectivity index (χ0v) is 18.4. The van der Waals surface area contributed by atoms with Crippen molar-refractivity contribution in [3.63, 3.8) is 0 Å². The number of amides is 1. The monoisotopic (exact) mass is 512 g/mol. The molecular weight excluding hydrogens is 499 g/mol. The molecule has 0 saturated carbocycles. The average molecular weight is 513 g/mol. The van der Waals surface area contributed by atoms with Crippen molar-refractivity contribution >= 4 is 28.8 Å². The molecule has 182 valence electrons. The van der Waals surface area contributed by atoms with Crippen molar-refractivity contribution in [1.29, 1.82) is 0 Å². The molecule has 4 aromatic heterocycles. The number of nitrogens with zero attached hydrogens (tertiary/aromatic N) is 7. The van der Waals surface area contributed by atoms with E-state index in [1.165, 1.54) is 24.7 Å². The third-order valence-electron chi connectivity index (χ3n) is 5.94. The van der Waals surface area contributed by atoms with Gasteiger partial charge in [-0.3, -0.25) is 4.79 Å².